The molecule has 0 fully saturated rings. The first-order valence-electron chi connectivity index (χ1n) is 10.8. The van der Waals surface area contributed by atoms with E-state index in [4.69, 9.17) is 26.2 Å². The molecule has 34 heavy (non-hydrogen) atoms. The summed E-state index contributed by atoms with van der Waals surface area (Å²) in [5.41, 5.74) is 2.43. The fourth-order valence-electron chi connectivity index (χ4n) is 3.33. The molecule has 3 rings (SSSR count). The fourth-order valence-corrected chi connectivity index (χ4v) is 4.09. The molecular weight excluding hydrogens is 569 g/mol. The van der Waals surface area contributed by atoms with Crippen LogP contribution in [0.15, 0.2) is 48.7 Å². The van der Waals surface area contributed by atoms with Crippen molar-refractivity contribution in [3.8, 4) is 11.5 Å². The number of aliphatic hydroxyl groups is 3. The summed E-state index contributed by atoms with van der Waals surface area (Å²) in [6.45, 7) is 4.59. The zero-order chi connectivity index (χ0) is 24.7. The summed E-state index contributed by atoms with van der Waals surface area (Å²) in [4.78, 5) is 0. The van der Waals surface area contributed by atoms with Crippen LogP contribution in [0.4, 0.5) is 0 Å². The molecule has 0 amide bonds. The van der Waals surface area contributed by atoms with Gasteiger partial charge in [-0.15, -0.1) is 16.7 Å². The van der Waals surface area contributed by atoms with Crippen molar-refractivity contribution in [2.75, 3.05) is 19.1 Å². The van der Waals surface area contributed by atoms with Crippen LogP contribution in [-0.4, -0.2) is 61.6 Å². The van der Waals surface area contributed by atoms with Gasteiger partial charge in [-0.2, -0.15) is 0 Å². The summed E-state index contributed by atoms with van der Waals surface area (Å²) in [6, 6.07) is 13.8. The van der Waals surface area contributed by atoms with Crippen molar-refractivity contribution in [3.63, 3.8) is 0 Å². The number of aliphatic hydroxyl groups excluding tert-OH is 3. The van der Waals surface area contributed by atoms with Crippen LogP contribution in [0.3, 0.4) is 0 Å². The Kier molecular flexibility index (Phi) is 9.55. The van der Waals surface area contributed by atoms with Gasteiger partial charge >= 0.3 is 0 Å². The molecule has 0 saturated heterocycles. The Labute approximate surface area is 217 Å². The second-order valence-corrected chi connectivity index (χ2v) is 9.94. The van der Waals surface area contributed by atoms with Gasteiger partial charge in [0.1, 0.15) is 42.6 Å². The zero-order valence-electron chi connectivity index (χ0n) is 19.1. The molecule has 0 saturated carbocycles. The maximum absolute atomic E-state index is 10.2. The van der Waals surface area contributed by atoms with Crippen LogP contribution < -0.4 is 9.47 Å². The number of halogens is 2. The first-order valence-corrected chi connectivity index (χ1v) is 12.4. The van der Waals surface area contributed by atoms with Crippen LogP contribution in [0.5, 0.6) is 11.5 Å². The van der Waals surface area contributed by atoms with E-state index in [9.17, 15) is 10.2 Å². The van der Waals surface area contributed by atoms with Crippen LogP contribution in [0.25, 0.3) is 0 Å². The van der Waals surface area contributed by atoms with Crippen molar-refractivity contribution in [3.05, 3.63) is 69.1 Å². The summed E-state index contributed by atoms with van der Waals surface area (Å²) >= 11 is 7.86. The lowest BCUT2D eigenvalue weighted by molar-refractivity contribution is 0.0888. The number of hydrogen-bond acceptors (Lipinski definition) is 7. The zero-order valence-corrected chi connectivity index (χ0v) is 22.0. The lowest BCUT2D eigenvalue weighted by atomic mass is 9.78. The summed E-state index contributed by atoms with van der Waals surface area (Å²) in [7, 11) is 0. The summed E-state index contributed by atoms with van der Waals surface area (Å²) < 4.78 is 13.8. The minimum absolute atomic E-state index is 0.106. The van der Waals surface area contributed by atoms with E-state index in [1.54, 1.807) is 6.20 Å². The summed E-state index contributed by atoms with van der Waals surface area (Å²) in [5, 5.41) is 36.5. The van der Waals surface area contributed by atoms with Gasteiger partial charge in [0.25, 0.3) is 0 Å². The second-order valence-electron chi connectivity index (χ2n) is 8.47. The van der Waals surface area contributed by atoms with E-state index in [-0.39, 0.29) is 37.7 Å². The lowest BCUT2D eigenvalue weighted by Gasteiger charge is -2.27. The summed E-state index contributed by atoms with van der Waals surface area (Å²) in [5.74, 6) is 1.50. The molecule has 0 radical (unpaired) electrons. The fraction of sp³-hybridized carbons (Fsp3) is 0.417. The van der Waals surface area contributed by atoms with Crippen molar-refractivity contribution in [1.82, 2.24) is 15.0 Å². The van der Waals surface area contributed by atoms with Gasteiger partial charge in [0.15, 0.2) is 0 Å². The molecule has 0 aliphatic carbocycles. The third-order valence-corrected chi connectivity index (χ3v) is 6.63. The minimum Gasteiger partial charge on any atom is -0.491 e. The Morgan fingerprint density at radius 2 is 1.71 bits per heavy atom. The van der Waals surface area contributed by atoms with Gasteiger partial charge in [0, 0.05) is 5.41 Å². The molecular formula is C24H29ClIN3O5. The first-order chi connectivity index (χ1) is 16.2. The average molecular weight is 598 g/mol. The van der Waals surface area contributed by atoms with Crippen LogP contribution in [-0.2, 0) is 18.6 Å². The van der Waals surface area contributed by atoms with Gasteiger partial charge in [0.2, 0.25) is 0 Å². The van der Waals surface area contributed by atoms with E-state index in [2.05, 4.69) is 52.8 Å². The molecule has 8 nitrogen and oxygen atoms in total. The largest absolute Gasteiger partial charge is 0.491 e. The molecule has 1 aromatic heterocycles. The van der Waals surface area contributed by atoms with Crippen molar-refractivity contribution >= 4 is 34.2 Å². The SMILES string of the molecule is CC(C)(c1ccc(OCC(O)Cn2cc(CO)nn2)cc1)c1ccc(OCC(O)CCl)c([123I])c1. The highest BCUT2D eigenvalue weighted by Crippen LogP contribution is 2.35. The highest BCUT2D eigenvalue weighted by Gasteiger charge is 2.24. The van der Waals surface area contributed by atoms with Crippen LogP contribution in [0.1, 0.15) is 30.7 Å². The van der Waals surface area contributed by atoms with E-state index in [0.717, 1.165) is 14.7 Å². The van der Waals surface area contributed by atoms with Crippen LogP contribution in [0.2, 0.25) is 0 Å². The maximum atomic E-state index is 10.2. The average Bonchev–Trinajstić information content (AvgIpc) is 3.29. The predicted molar refractivity (Wildman–Crippen MR) is 137 cm³/mol. The standard InChI is InChI=1S/C24H29ClIN3O5/c1-24(2,17-5-8-23(22(26)9-17)34-14-19(31)10-25)16-3-6-21(7-4-16)33-15-20(32)12-29-11-18(13-30)27-28-29/h3-9,11,19-20,30-32H,10,12-15H2,1-2H3/i26-4. The summed E-state index contributed by atoms with van der Waals surface area (Å²) in [6.07, 6.45) is 0.123. The second kappa shape index (κ2) is 12.2. The van der Waals surface area contributed by atoms with E-state index in [1.165, 1.54) is 4.68 Å². The van der Waals surface area contributed by atoms with Crippen molar-refractivity contribution in [2.24, 2.45) is 0 Å². The topological polar surface area (TPSA) is 110 Å². The van der Waals surface area contributed by atoms with Crippen LogP contribution in [0, 0.1) is 3.57 Å². The predicted octanol–water partition coefficient (Wildman–Crippen LogP) is 3.12. The van der Waals surface area contributed by atoms with Gasteiger partial charge in [-0.1, -0.05) is 37.3 Å². The lowest BCUT2D eigenvalue weighted by Crippen LogP contribution is -2.24. The molecule has 2 atom stereocenters. The van der Waals surface area contributed by atoms with Crippen molar-refractivity contribution < 1.29 is 24.8 Å². The van der Waals surface area contributed by atoms with E-state index in [1.807, 2.05) is 36.4 Å². The van der Waals surface area contributed by atoms with Gasteiger partial charge in [-0.25, -0.2) is 4.68 Å². The number of alkyl halides is 1. The molecule has 0 spiro atoms. The number of hydrogen-bond donors (Lipinski definition) is 3. The molecule has 3 N–H and O–H groups in total. The molecule has 0 bridgehead atoms. The number of rotatable bonds is 12. The molecule has 2 unspecified atom stereocenters. The Morgan fingerprint density at radius 1 is 1.03 bits per heavy atom. The molecule has 10 heteroatoms. The van der Waals surface area contributed by atoms with Gasteiger partial charge in [0.05, 0.1) is 28.8 Å². The van der Waals surface area contributed by atoms with E-state index in [0.29, 0.717) is 17.2 Å². The normalized spacial score (nSPS) is 13.5. The highest BCUT2D eigenvalue weighted by molar-refractivity contribution is 14.1. The van der Waals surface area contributed by atoms with Gasteiger partial charge in [-0.3, -0.25) is 0 Å². The monoisotopic (exact) mass is 597 g/mol. The number of aromatic nitrogens is 3. The number of benzene rings is 2. The maximum Gasteiger partial charge on any atom is 0.132 e. The molecule has 1 heterocycles. The van der Waals surface area contributed by atoms with E-state index >= 15 is 0 Å². The van der Waals surface area contributed by atoms with Gasteiger partial charge < -0.3 is 24.8 Å². The molecule has 184 valence electrons. The Morgan fingerprint density at radius 3 is 2.32 bits per heavy atom. The van der Waals surface area contributed by atoms with Crippen molar-refractivity contribution in [1.29, 1.82) is 0 Å². The van der Waals surface area contributed by atoms with Gasteiger partial charge in [-0.05, 0) is 58.0 Å². The molecule has 0 aliphatic rings. The third kappa shape index (κ3) is 7.05. The third-order valence-electron chi connectivity index (χ3n) is 5.43. The molecule has 3 aromatic rings. The Balaban J connectivity index is 1.59. The Hall–Kier alpha value is -1.92. The number of ether oxygens (including phenoxy) is 2. The first kappa shape index (κ1) is 26.7. The molecule has 0 aliphatic heterocycles. The van der Waals surface area contributed by atoms with Crippen LogP contribution >= 0.6 is 34.2 Å². The molecule has 2 aromatic carbocycles. The minimum atomic E-state index is -0.766. The Bertz CT molecular complexity index is 1060. The highest BCUT2D eigenvalue weighted by atomic mass is 123. The quantitative estimate of drug-likeness (QED) is 0.217. The number of nitrogens with zero attached hydrogens (tertiary/aromatic N) is 3. The smallest absolute Gasteiger partial charge is 0.132 e. The van der Waals surface area contributed by atoms with Crippen molar-refractivity contribution in [2.45, 2.75) is 44.6 Å². The van der Waals surface area contributed by atoms with E-state index < -0.39 is 12.2 Å².